The van der Waals surface area contributed by atoms with E-state index in [-0.39, 0.29) is 12.0 Å². The second kappa shape index (κ2) is 8.20. The molecule has 1 aromatic rings. The van der Waals surface area contributed by atoms with Gasteiger partial charge in [0, 0.05) is 44.5 Å². The van der Waals surface area contributed by atoms with E-state index in [1.54, 1.807) is 7.11 Å². The molecule has 5 heteroatoms. The number of carbonyl (C=O) groups excluding carboxylic acids is 1. The lowest BCUT2D eigenvalue weighted by atomic mass is 10.2. The largest absolute Gasteiger partial charge is 0.497 e. The van der Waals surface area contributed by atoms with E-state index in [2.05, 4.69) is 24.8 Å². The first-order valence-electron chi connectivity index (χ1n) is 8.30. The minimum Gasteiger partial charge on any atom is -0.497 e. The number of carbonyl (C=O) groups is 1. The molecule has 0 radical (unpaired) electrons. The molecule has 1 amide bonds. The number of benzene rings is 1. The van der Waals surface area contributed by atoms with Crippen molar-refractivity contribution < 1.29 is 14.3 Å². The van der Waals surface area contributed by atoms with Crippen LogP contribution in [0.25, 0.3) is 0 Å². The summed E-state index contributed by atoms with van der Waals surface area (Å²) in [6, 6.07) is 8.05. The molecule has 23 heavy (non-hydrogen) atoms. The zero-order chi connectivity index (χ0) is 16.8. The van der Waals surface area contributed by atoms with Gasteiger partial charge in [-0.15, -0.1) is 0 Å². The molecule has 1 saturated heterocycles. The van der Waals surface area contributed by atoms with Crippen molar-refractivity contribution in [3.8, 4) is 5.75 Å². The molecule has 0 spiro atoms. The molecule has 1 aliphatic heterocycles. The SMILES string of the molecule is COc1cccc(N2CCN(C(=O)C(C)OCC(C)C)CC2)c1. The van der Waals surface area contributed by atoms with Gasteiger partial charge < -0.3 is 19.3 Å². The minimum absolute atomic E-state index is 0.0935. The van der Waals surface area contributed by atoms with Crippen LogP contribution in [0.4, 0.5) is 5.69 Å². The van der Waals surface area contributed by atoms with Crippen LogP contribution >= 0.6 is 0 Å². The smallest absolute Gasteiger partial charge is 0.251 e. The summed E-state index contributed by atoms with van der Waals surface area (Å²) in [6.45, 7) is 9.76. The number of amides is 1. The first-order valence-corrected chi connectivity index (χ1v) is 8.30. The van der Waals surface area contributed by atoms with Crippen LogP contribution < -0.4 is 9.64 Å². The number of anilines is 1. The molecule has 5 nitrogen and oxygen atoms in total. The van der Waals surface area contributed by atoms with E-state index in [1.807, 2.05) is 30.0 Å². The number of hydrogen-bond donors (Lipinski definition) is 0. The van der Waals surface area contributed by atoms with Gasteiger partial charge in [-0.25, -0.2) is 0 Å². The summed E-state index contributed by atoms with van der Waals surface area (Å²) in [5.74, 6) is 1.39. The number of hydrogen-bond acceptors (Lipinski definition) is 4. The van der Waals surface area contributed by atoms with Gasteiger partial charge in [-0.05, 0) is 25.0 Å². The summed E-state index contributed by atoms with van der Waals surface area (Å²) >= 11 is 0. The van der Waals surface area contributed by atoms with Crippen molar-refractivity contribution in [2.75, 3.05) is 44.8 Å². The summed E-state index contributed by atoms with van der Waals surface area (Å²) < 4.78 is 10.9. The van der Waals surface area contributed by atoms with E-state index in [4.69, 9.17) is 9.47 Å². The average Bonchev–Trinajstić information content (AvgIpc) is 2.59. The Morgan fingerprint density at radius 3 is 2.48 bits per heavy atom. The molecule has 0 saturated carbocycles. The maximum absolute atomic E-state index is 12.4. The van der Waals surface area contributed by atoms with E-state index in [1.165, 1.54) is 0 Å². The third kappa shape index (κ3) is 4.86. The summed E-state index contributed by atoms with van der Waals surface area (Å²) in [5, 5.41) is 0. The van der Waals surface area contributed by atoms with Crippen LogP contribution in [0.1, 0.15) is 20.8 Å². The molecule has 1 atom stereocenters. The average molecular weight is 320 g/mol. The van der Waals surface area contributed by atoms with Crippen LogP contribution in [-0.2, 0) is 9.53 Å². The van der Waals surface area contributed by atoms with Crippen LogP contribution in [0.15, 0.2) is 24.3 Å². The summed E-state index contributed by atoms with van der Waals surface area (Å²) in [6.07, 6.45) is -0.360. The van der Waals surface area contributed by atoms with E-state index >= 15 is 0 Å². The maximum atomic E-state index is 12.4. The molecule has 0 aromatic heterocycles. The first kappa shape index (κ1) is 17.6. The van der Waals surface area contributed by atoms with E-state index in [0.29, 0.717) is 12.5 Å². The molecular weight excluding hydrogens is 292 g/mol. The predicted octanol–water partition coefficient (Wildman–Crippen LogP) is 2.40. The number of nitrogens with zero attached hydrogens (tertiary/aromatic N) is 2. The van der Waals surface area contributed by atoms with Crippen molar-refractivity contribution >= 4 is 11.6 Å². The molecule has 1 fully saturated rings. The second-order valence-corrected chi connectivity index (χ2v) is 6.38. The zero-order valence-corrected chi connectivity index (χ0v) is 14.6. The molecule has 1 aromatic carbocycles. The Labute approximate surface area is 139 Å². The van der Waals surface area contributed by atoms with Crippen molar-refractivity contribution in [3.63, 3.8) is 0 Å². The molecular formula is C18H28N2O3. The Kier molecular flexibility index (Phi) is 6.28. The quantitative estimate of drug-likeness (QED) is 0.807. The fourth-order valence-electron chi connectivity index (χ4n) is 2.66. The van der Waals surface area contributed by atoms with E-state index < -0.39 is 0 Å². The fourth-order valence-corrected chi connectivity index (χ4v) is 2.66. The van der Waals surface area contributed by atoms with Crippen molar-refractivity contribution in [1.29, 1.82) is 0 Å². The number of rotatable bonds is 6. The van der Waals surface area contributed by atoms with Gasteiger partial charge in [0.1, 0.15) is 11.9 Å². The Bertz CT molecular complexity index is 511. The summed E-state index contributed by atoms with van der Waals surface area (Å²) in [7, 11) is 1.67. The lowest BCUT2D eigenvalue weighted by Gasteiger charge is -2.37. The van der Waals surface area contributed by atoms with Crippen LogP contribution in [0.2, 0.25) is 0 Å². The lowest BCUT2D eigenvalue weighted by molar-refractivity contribution is -0.143. The number of ether oxygens (including phenoxy) is 2. The van der Waals surface area contributed by atoms with Gasteiger partial charge in [0.15, 0.2) is 0 Å². The topological polar surface area (TPSA) is 42.0 Å². The summed E-state index contributed by atoms with van der Waals surface area (Å²) in [4.78, 5) is 16.6. The van der Waals surface area contributed by atoms with Gasteiger partial charge in [0.25, 0.3) is 5.91 Å². The molecule has 0 bridgehead atoms. The van der Waals surface area contributed by atoms with E-state index in [0.717, 1.165) is 37.6 Å². The molecule has 1 aliphatic rings. The molecule has 0 aliphatic carbocycles. The van der Waals surface area contributed by atoms with Crippen LogP contribution in [0, 0.1) is 5.92 Å². The standard InChI is InChI=1S/C18H28N2O3/c1-14(2)13-23-15(3)18(21)20-10-8-19(9-11-20)16-6-5-7-17(12-16)22-4/h5-7,12,14-15H,8-11,13H2,1-4H3. The van der Waals surface area contributed by atoms with Crippen LogP contribution in [-0.4, -0.2) is 56.8 Å². The summed E-state index contributed by atoms with van der Waals surface area (Å²) in [5.41, 5.74) is 1.14. The Balaban J connectivity index is 1.86. The maximum Gasteiger partial charge on any atom is 0.251 e. The molecule has 1 heterocycles. The van der Waals surface area contributed by atoms with Gasteiger partial charge in [-0.3, -0.25) is 4.79 Å². The Hall–Kier alpha value is -1.75. The zero-order valence-electron chi connectivity index (χ0n) is 14.6. The van der Waals surface area contributed by atoms with Gasteiger partial charge in [0.2, 0.25) is 0 Å². The Morgan fingerprint density at radius 2 is 1.87 bits per heavy atom. The highest BCUT2D eigenvalue weighted by Crippen LogP contribution is 2.22. The normalized spacial score (nSPS) is 16.6. The molecule has 2 rings (SSSR count). The van der Waals surface area contributed by atoms with Crippen molar-refractivity contribution in [2.24, 2.45) is 5.92 Å². The third-order valence-electron chi connectivity index (χ3n) is 4.04. The first-order chi connectivity index (χ1) is 11.0. The molecule has 1 unspecified atom stereocenters. The van der Waals surface area contributed by atoms with E-state index in [9.17, 15) is 4.79 Å². The monoisotopic (exact) mass is 320 g/mol. The fraction of sp³-hybridized carbons (Fsp3) is 0.611. The second-order valence-electron chi connectivity index (χ2n) is 6.38. The third-order valence-corrected chi connectivity index (χ3v) is 4.04. The van der Waals surface area contributed by atoms with Gasteiger partial charge in [-0.2, -0.15) is 0 Å². The number of piperazine rings is 1. The van der Waals surface area contributed by atoms with Crippen molar-refractivity contribution in [3.05, 3.63) is 24.3 Å². The number of methoxy groups -OCH3 is 1. The van der Waals surface area contributed by atoms with Gasteiger partial charge in [0.05, 0.1) is 7.11 Å². The highest BCUT2D eigenvalue weighted by molar-refractivity contribution is 5.80. The highest BCUT2D eigenvalue weighted by atomic mass is 16.5. The Morgan fingerprint density at radius 1 is 1.17 bits per heavy atom. The van der Waals surface area contributed by atoms with Crippen LogP contribution in [0.5, 0.6) is 5.75 Å². The van der Waals surface area contributed by atoms with Gasteiger partial charge >= 0.3 is 0 Å². The molecule has 0 N–H and O–H groups in total. The highest BCUT2D eigenvalue weighted by Gasteiger charge is 2.25. The van der Waals surface area contributed by atoms with Crippen molar-refractivity contribution in [2.45, 2.75) is 26.9 Å². The minimum atomic E-state index is -0.360. The van der Waals surface area contributed by atoms with Crippen LogP contribution in [0.3, 0.4) is 0 Å². The molecule has 128 valence electrons. The lowest BCUT2D eigenvalue weighted by Crippen LogP contribution is -2.51. The predicted molar refractivity (Wildman–Crippen MR) is 92.0 cm³/mol. The van der Waals surface area contributed by atoms with Gasteiger partial charge in [-0.1, -0.05) is 19.9 Å². The van der Waals surface area contributed by atoms with Crippen molar-refractivity contribution in [1.82, 2.24) is 4.90 Å².